The summed E-state index contributed by atoms with van der Waals surface area (Å²) in [5.74, 6) is 0. The Morgan fingerprint density at radius 2 is 0.817 bits per heavy atom. The summed E-state index contributed by atoms with van der Waals surface area (Å²) >= 11 is 0. The molecule has 0 N–H and O–H groups in total. The quantitative estimate of drug-likeness (QED) is 0.146. The maximum atomic E-state index is 10.1. The summed E-state index contributed by atoms with van der Waals surface area (Å²) in [4.78, 5) is 1.38. The van der Waals surface area contributed by atoms with Crippen LogP contribution < -0.4 is 4.90 Å². The molecule has 10 aromatic rings. The number of hydrogen-bond acceptors (Lipinski definition) is 1. The lowest BCUT2D eigenvalue weighted by atomic mass is 9.80. The molecule has 0 amide bonds. The molecule has 11 rings (SSSR count). The zero-order valence-corrected chi connectivity index (χ0v) is 33.2. The monoisotopic (exact) mass is 773 g/mol. The Hall–Kier alpha value is -7.48. The van der Waals surface area contributed by atoms with Crippen LogP contribution in [0.4, 0.5) is 17.1 Å². The molecular weight excluding hydrogens is 723 g/mol. The highest BCUT2D eigenvalue weighted by Gasteiger charge is 2.35. The molecule has 0 heterocycles. The van der Waals surface area contributed by atoms with Crippen LogP contribution in [0.3, 0.4) is 0 Å². The predicted molar refractivity (Wildman–Crippen MR) is 255 cm³/mol. The van der Waals surface area contributed by atoms with Crippen LogP contribution >= 0.6 is 0 Å². The van der Waals surface area contributed by atoms with Crippen molar-refractivity contribution >= 4 is 38.6 Å². The number of hydrogen-bond donors (Lipinski definition) is 0. The van der Waals surface area contributed by atoms with Gasteiger partial charge in [0.1, 0.15) is 0 Å². The summed E-state index contributed by atoms with van der Waals surface area (Å²) in [6.45, 7) is 4.47. The number of benzene rings is 10. The van der Waals surface area contributed by atoms with Crippen LogP contribution in [0.5, 0.6) is 0 Å². The summed E-state index contributed by atoms with van der Waals surface area (Å²) in [5, 5.41) is 3.56. The largest absolute Gasteiger partial charge is 0.310 e. The minimum absolute atomic E-state index is 0.112. The van der Waals surface area contributed by atoms with Gasteiger partial charge in [-0.15, -0.1) is 0 Å². The Labute approximate surface area is 363 Å². The van der Waals surface area contributed by atoms with Gasteiger partial charge in [-0.1, -0.05) is 196 Å². The second-order valence-electron chi connectivity index (χ2n) is 15.8. The van der Waals surface area contributed by atoms with Gasteiger partial charge in [0.15, 0.2) is 0 Å². The molecule has 0 saturated heterocycles. The second-order valence-corrected chi connectivity index (χ2v) is 15.8. The van der Waals surface area contributed by atoms with E-state index in [-0.39, 0.29) is 64.2 Å². The van der Waals surface area contributed by atoms with Crippen molar-refractivity contribution in [2.45, 2.75) is 19.3 Å². The molecule has 0 spiro atoms. The fraction of sp³-hybridized carbons (Fsp3) is 0.0508. The normalized spacial score (nSPS) is 14.5. The average molecular weight is 774 g/mol. The van der Waals surface area contributed by atoms with Gasteiger partial charge in [0.05, 0.1) is 11.0 Å². The van der Waals surface area contributed by atoms with Gasteiger partial charge in [-0.05, 0) is 131 Å². The van der Waals surface area contributed by atoms with Crippen molar-refractivity contribution in [3.63, 3.8) is 0 Å². The van der Waals surface area contributed by atoms with E-state index in [1.54, 1.807) is 36.4 Å². The summed E-state index contributed by atoms with van der Waals surface area (Å²) in [6.07, 6.45) is 0. The van der Waals surface area contributed by atoms with Crippen LogP contribution in [-0.2, 0) is 5.41 Å². The Morgan fingerprint density at radius 1 is 0.333 bits per heavy atom. The van der Waals surface area contributed by atoms with E-state index in [1.165, 1.54) is 16.0 Å². The highest BCUT2D eigenvalue weighted by Crippen LogP contribution is 2.52. The van der Waals surface area contributed by atoms with E-state index in [0.29, 0.717) is 16.8 Å². The summed E-state index contributed by atoms with van der Waals surface area (Å²) in [6, 6.07) is 53.9. The molecule has 0 saturated carbocycles. The lowest BCUT2D eigenvalue weighted by molar-refractivity contribution is 0.660. The van der Waals surface area contributed by atoms with E-state index >= 15 is 0 Å². The molecule has 10 aromatic carbocycles. The van der Waals surface area contributed by atoms with E-state index in [9.17, 15) is 11.0 Å². The van der Waals surface area contributed by atoms with Crippen molar-refractivity contribution in [3.05, 3.63) is 235 Å². The molecule has 1 heteroatoms. The summed E-state index contributed by atoms with van der Waals surface area (Å²) < 4.78 is 77.9. The van der Waals surface area contributed by atoms with Crippen LogP contribution in [0.2, 0.25) is 0 Å². The predicted octanol–water partition coefficient (Wildman–Crippen LogP) is 16.4. The molecule has 60 heavy (non-hydrogen) atoms. The standard InChI is InChI=1S/C59H43N/c1-59(2)55-27-14-13-24-51(55)52-37-32-45(39-56(52)59)58-54-26-12-10-23-50(54)49-22-9-11-25-53(49)57(58)43-30-35-47(36-31-43)60(46-33-28-42(29-34-46)40-16-5-3-6-17-40)48-21-15-20-44(38-48)41-18-7-4-8-19-41/h3-39H,1-2H3/i28D,29D,30D,31D,33D,34D,35D,36D. The van der Waals surface area contributed by atoms with Crippen LogP contribution in [0.25, 0.3) is 77.2 Å². The van der Waals surface area contributed by atoms with Crippen molar-refractivity contribution < 1.29 is 11.0 Å². The van der Waals surface area contributed by atoms with E-state index in [0.717, 1.165) is 54.9 Å². The van der Waals surface area contributed by atoms with Crippen LogP contribution in [-0.4, -0.2) is 0 Å². The van der Waals surface area contributed by atoms with E-state index in [4.69, 9.17) is 0 Å². The SMILES string of the molecule is [2H]c1c([2H])c(N(c2cccc(-c3ccccc3)c2)c2c([2H])c([2H])c(-c3c(-c4ccc5c(c4)C(C)(C)c4ccccc4-5)c4ccccc4c4ccccc34)c([2H])c2[2H])c([2H])c([2H])c1-c1ccccc1. The number of rotatable bonds is 7. The molecule has 0 fully saturated rings. The second kappa shape index (κ2) is 14.4. The van der Waals surface area contributed by atoms with E-state index in [2.05, 4.69) is 68.4 Å². The molecule has 0 bridgehead atoms. The van der Waals surface area contributed by atoms with Crippen LogP contribution in [0.1, 0.15) is 35.9 Å². The fourth-order valence-corrected chi connectivity index (χ4v) is 9.10. The van der Waals surface area contributed by atoms with Gasteiger partial charge >= 0.3 is 0 Å². The Balaban J connectivity index is 1.21. The minimum atomic E-state index is -0.399. The maximum absolute atomic E-state index is 10.1. The number of anilines is 3. The molecule has 0 unspecified atom stereocenters. The third-order valence-corrected chi connectivity index (χ3v) is 12.0. The van der Waals surface area contributed by atoms with E-state index in [1.807, 2.05) is 84.9 Å². The Kier molecular flexibility index (Phi) is 6.73. The Bertz CT molecular complexity index is 3640. The van der Waals surface area contributed by atoms with Crippen molar-refractivity contribution in [2.24, 2.45) is 0 Å². The number of fused-ring (bicyclic) bond motifs is 6. The van der Waals surface area contributed by atoms with E-state index < -0.39 is 12.1 Å². The molecule has 1 nitrogen and oxygen atoms in total. The van der Waals surface area contributed by atoms with Crippen molar-refractivity contribution in [3.8, 4) is 55.6 Å². The fourth-order valence-electron chi connectivity index (χ4n) is 9.10. The first kappa shape index (κ1) is 28.0. The molecular formula is C59H43N. The lowest BCUT2D eigenvalue weighted by Gasteiger charge is -2.27. The van der Waals surface area contributed by atoms with Crippen LogP contribution in [0, 0.1) is 0 Å². The first-order chi connectivity index (χ1) is 32.9. The van der Waals surface area contributed by atoms with Crippen molar-refractivity contribution in [2.75, 3.05) is 4.90 Å². The lowest BCUT2D eigenvalue weighted by Crippen LogP contribution is -2.14. The topological polar surface area (TPSA) is 3.24 Å². The van der Waals surface area contributed by atoms with Gasteiger partial charge in [0.2, 0.25) is 0 Å². The van der Waals surface area contributed by atoms with Gasteiger partial charge in [-0.3, -0.25) is 0 Å². The third-order valence-electron chi connectivity index (χ3n) is 12.0. The first-order valence-corrected chi connectivity index (χ1v) is 20.3. The highest BCUT2D eigenvalue weighted by molar-refractivity contribution is 6.21. The van der Waals surface area contributed by atoms with Gasteiger partial charge in [-0.2, -0.15) is 0 Å². The number of nitrogens with zero attached hydrogens (tertiary/aromatic N) is 1. The van der Waals surface area contributed by atoms with Gasteiger partial charge in [0.25, 0.3) is 0 Å². The zero-order valence-electron chi connectivity index (χ0n) is 41.2. The van der Waals surface area contributed by atoms with Gasteiger partial charge in [0, 0.05) is 22.5 Å². The highest BCUT2D eigenvalue weighted by atomic mass is 15.1. The first-order valence-electron chi connectivity index (χ1n) is 24.3. The molecule has 0 atom stereocenters. The minimum Gasteiger partial charge on any atom is -0.310 e. The van der Waals surface area contributed by atoms with Gasteiger partial charge < -0.3 is 4.90 Å². The average Bonchev–Trinajstić information content (AvgIpc) is 3.60. The third kappa shape index (κ3) is 5.93. The molecule has 0 aliphatic heterocycles. The summed E-state index contributed by atoms with van der Waals surface area (Å²) in [7, 11) is 0. The zero-order chi connectivity index (χ0) is 47.2. The van der Waals surface area contributed by atoms with Crippen molar-refractivity contribution in [1.29, 1.82) is 0 Å². The molecule has 0 radical (unpaired) electrons. The molecule has 1 aliphatic carbocycles. The smallest absolute Gasteiger partial charge is 0.0645 e. The Morgan fingerprint density at radius 3 is 1.45 bits per heavy atom. The van der Waals surface area contributed by atoms with Crippen LogP contribution in [0.15, 0.2) is 224 Å². The molecule has 0 aromatic heterocycles. The maximum Gasteiger partial charge on any atom is 0.0645 e. The van der Waals surface area contributed by atoms with Crippen molar-refractivity contribution in [1.82, 2.24) is 0 Å². The summed E-state index contributed by atoms with van der Waals surface area (Å²) in [5.41, 5.74) is 8.96. The molecule has 284 valence electrons. The van der Waals surface area contributed by atoms with Gasteiger partial charge in [-0.25, -0.2) is 0 Å². The molecule has 1 aliphatic rings.